The fourth-order valence-corrected chi connectivity index (χ4v) is 2.01. The van der Waals surface area contributed by atoms with Gasteiger partial charge in [-0.1, -0.05) is 13.8 Å². The maximum absolute atomic E-state index is 14.1. The van der Waals surface area contributed by atoms with Crippen LogP contribution in [0.3, 0.4) is 0 Å². The first kappa shape index (κ1) is 12.8. The van der Waals surface area contributed by atoms with Gasteiger partial charge in [-0.05, 0) is 40.0 Å². The number of hydrogen-bond acceptors (Lipinski definition) is 2. The van der Waals surface area contributed by atoms with Gasteiger partial charge in [0.1, 0.15) is 11.8 Å². The third kappa shape index (κ3) is 2.16. The molecule has 5 heteroatoms. The van der Waals surface area contributed by atoms with Crippen molar-refractivity contribution in [1.29, 1.82) is 5.26 Å². The molecule has 1 aromatic carbocycles. The second-order valence-electron chi connectivity index (χ2n) is 4.21. The van der Waals surface area contributed by atoms with Gasteiger partial charge in [0.2, 0.25) is 0 Å². The SMILES string of the molecule is CC(C)c1ccn(-c2ccc(C#N)c(Br)c2F)n1. The monoisotopic (exact) mass is 307 g/mol. The average molecular weight is 308 g/mol. The molecule has 0 spiro atoms. The molecule has 0 radical (unpaired) electrons. The lowest BCUT2D eigenvalue weighted by atomic mass is 10.1. The van der Waals surface area contributed by atoms with Gasteiger partial charge in [-0.25, -0.2) is 9.07 Å². The molecule has 0 bridgehead atoms. The van der Waals surface area contributed by atoms with E-state index < -0.39 is 5.82 Å². The van der Waals surface area contributed by atoms with Crippen LogP contribution < -0.4 is 0 Å². The van der Waals surface area contributed by atoms with Crippen LogP contribution in [0.4, 0.5) is 4.39 Å². The van der Waals surface area contributed by atoms with E-state index in [9.17, 15) is 4.39 Å². The topological polar surface area (TPSA) is 41.6 Å². The average Bonchev–Trinajstić information content (AvgIpc) is 2.82. The number of rotatable bonds is 2. The van der Waals surface area contributed by atoms with Crippen molar-refractivity contribution in [3.8, 4) is 11.8 Å². The number of nitrogens with zero attached hydrogens (tertiary/aromatic N) is 3. The zero-order valence-electron chi connectivity index (χ0n) is 9.98. The Balaban J connectivity index is 2.51. The van der Waals surface area contributed by atoms with Crippen molar-refractivity contribution in [2.45, 2.75) is 19.8 Å². The highest BCUT2D eigenvalue weighted by Crippen LogP contribution is 2.26. The largest absolute Gasteiger partial charge is 0.238 e. The summed E-state index contributed by atoms with van der Waals surface area (Å²) in [4.78, 5) is 0. The normalized spacial score (nSPS) is 10.7. The van der Waals surface area contributed by atoms with Crippen molar-refractivity contribution in [3.05, 3.63) is 45.9 Å². The molecule has 0 saturated heterocycles. The Hall–Kier alpha value is -1.67. The van der Waals surface area contributed by atoms with Crippen LogP contribution in [-0.4, -0.2) is 9.78 Å². The summed E-state index contributed by atoms with van der Waals surface area (Å²) in [6, 6.07) is 6.90. The van der Waals surface area contributed by atoms with Crippen LogP contribution in [0.1, 0.15) is 31.0 Å². The molecule has 0 N–H and O–H groups in total. The standard InChI is InChI=1S/C13H11BrFN3/c1-8(2)10-5-6-18(17-10)11-4-3-9(7-16)12(14)13(11)15/h3-6,8H,1-2H3. The van der Waals surface area contributed by atoms with Gasteiger partial charge in [-0.3, -0.25) is 0 Å². The molecular weight excluding hydrogens is 297 g/mol. The fourth-order valence-electron chi connectivity index (χ4n) is 1.58. The van der Waals surface area contributed by atoms with Gasteiger partial charge in [0.05, 0.1) is 15.7 Å². The van der Waals surface area contributed by atoms with Crippen molar-refractivity contribution in [2.24, 2.45) is 0 Å². The maximum atomic E-state index is 14.1. The molecule has 92 valence electrons. The first-order valence-electron chi connectivity index (χ1n) is 5.48. The molecular formula is C13H11BrFN3. The molecule has 0 atom stereocenters. The first-order chi connectivity index (χ1) is 8.54. The summed E-state index contributed by atoms with van der Waals surface area (Å²) in [5, 5.41) is 13.1. The lowest BCUT2D eigenvalue weighted by Crippen LogP contribution is -2.01. The van der Waals surface area contributed by atoms with Gasteiger partial charge in [0, 0.05) is 6.20 Å². The van der Waals surface area contributed by atoms with E-state index in [0.717, 1.165) is 5.69 Å². The summed E-state index contributed by atoms with van der Waals surface area (Å²) in [7, 11) is 0. The van der Waals surface area contributed by atoms with E-state index in [1.54, 1.807) is 18.3 Å². The molecule has 2 aromatic rings. The zero-order chi connectivity index (χ0) is 13.3. The molecule has 0 aliphatic rings. The van der Waals surface area contributed by atoms with Gasteiger partial charge in [0.15, 0.2) is 5.82 Å². The maximum Gasteiger partial charge on any atom is 0.164 e. The Bertz CT molecular complexity index is 626. The number of benzene rings is 1. The number of nitriles is 1. The zero-order valence-corrected chi connectivity index (χ0v) is 11.6. The fraction of sp³-hybridized carbons (Fsp3) is 0.231. The lowest BCUT2D eigenvalue weighted by molar-refractivity contribution is 0.601. The Kier molecular flexibility index (Phi) is 3.48. The number of aromatic nitrogens is 2. The van der Waals surface area contributed by atoms with E-state index in [2.05, 4.69) is 21.0 Å². The molecule has 1 heterocycles. The summed E-state index contributed by atoms with van der Waals surface area (Å²) in [5.41, 5.74) is 1.50. The third-order valence-electron chi connectivity index (χ3n) is 2.63. The van der Waals surface area contributed by atoms with Crippen molar-refractivity contribution in [1.82, 2.24) is 9.78 Å². The Morgan fingerprint density at radius 2 is 2.11 bits per heavy atom. The van der Waals surface area contributed by atoms with Gasteiger partial charge < -0.3 is 0 Å². The minimum Gasteiger partial charge on any atom is -0.238 e. The van der Waals surface area contributed by atoms with Gasteiger partial charge in [-0.2, -0.15) is 10.4 Å². The molecule has 2 rings (SSSR count). The van der Waals surface area contributed by atoms with Crippen molar-refractivity contribution in [2.75, 3.05) is 0 Å². The highest BCUT2D eigenvalue weighted by Gasteiger charge is 2.14. The Morgan fingerprint density at radius 3 is 2.67 bits per heavy atom. The van der Waals surface area contributed by atoms with Crippen LogP contribution in [-0.2, 0) is 0 Å². The summed E-state index contributed by atoms with van der Waals surface area (Å²) in [6.07, 6.45) is 1.71. The minimum atomic E-state index is -0.479. The van der Waals surface area contributed by atoms with Crippen LogP contribution in [0, 0.1) is 17.1 Å². The molecule has 0 aliphatic carbocycles. The van der Waals surface area contributed by atoms with E-state index in [1.807, 2.05) is 26.0 Å². The van der Waals surface area contributed by atoms with Crippen molar-refractivity contribution in [3.63, 3.8) is 0 Å². The number of halogens is 2. The van der Waals surface area contributed by atoms with Crippen LogP contribution in [0.2, 0.25) is 0 Å². The van der Waals surface area contributed by atoms with E-state index in [1.165, 1.54) is 4.68 Å². The van der Waals surface area contributed by atoms with E-state index in [-0.39, 0.29) is 16.0 Å². The van der Waals surface area contributed by atoms with Gasteiger partial charge in [0.25, 0.3) is 0 Å². The molecule has 0 aliphatic heterocycles. The van der Waals surface area contributed by atoms with Crippen LogP contribution in [0.5, 0.6) is 0 Å². The third-order valence-corrected chi connectivity index (χ3v) is 3.41. The smallest absolute Gasteiger partial charge is 0.164 e. The van der Waals surface area contributed by atoms with Crippen LogP contribution in [0.25, 0.3) is 5.69 Å². The quantitative estimate of drug-likeness (QED) is 0.847. The van der Waals surface area contributed by atoms with Crippen LogP contribution >= 0.6 is 15.9 Å². The van der Waals surface area contributed by atoms with Crippen molar-refractivity contribution < 1.29 is 4.39 Å². The minimum absolute atomic E-state index is 0.170. The van der Waals surface area contributed by atoms with E-state index >= 15 is 0 Å². The van der Waals surface area contributed by atoms with Crippen LogP contribution in [0.15, 0.2) is 28.9 Å². The predicted octanol–water partition coefficient (Wildman–Crippen LogP) is 3.77. The lowest BCUT2D eigenvalue weighted by Gasteiger charge is -2.06. The second-order valence-corrected chi connectivity index (χ2v) is 5.00. The van der Waals surface area contributed by atoms with Gasteiger partial charge >= 0.3 is 0 Å². The Labute approximate surface area is 113 Å². The predicted molar refractivity (Wildman–Crippen MR) is 70.0 cm³/mol. The molecule has 0 amide bonds. The Morgan fingerprint density at radius 1 is 1.39 bits per heavy atom. The molecule has 1 aromatic heterocycles. The summed E-state index contributed by atoms with van der Waals surface area (Å²) >= 11 is 3.09. The van der Waals surface area contributed by atoms with E-state index in [4.69, 9.17) is 5.26 Å². The molecule has 0 fully saturated rings. The molecule has 18 heavy (non-hydrogen) atoms. The summed E-state index contributed by atoms with van der Waals surface area (Å²) in [6.45, 7) is 4.05. The highest BCUT2D eigenvalue weighted by molar-refractivity contribution is 9.10. The van der Waals surface area contributed by atoms with Gasteiger partial charge in [-0.15, -0.1) is 0 Å². The summed E-state index contributed by atoms with van der Waals surface area (Å²) in [5.74, 6) is -0.191. The second kappa shape index (κ2) is 4.91. The molecule has 0 unspecified atom stereocenters. The van der Waals surface area contributed by atoms with Crippen molar-refractivity contribution >= 4 is 15.9 Å². The first-order valence-corrected chi connectivity index (χ1v) is 6.28. The summed E-state index contributed by atoms with van der Waals surface area (Å²) < 4.78 is 15.7. The highest BCUT2D eigenvalue weighted by atomic mass is 79.9. The number of hydrogen-bond donors (Lipinski definition) is 0. The molecule has 0 saturated carbocycles. The molecule has 3 nitrogen and oxygen atoms in total. The van der Waals surface area contributed by atoms with E-state index in [0.29, 0.717) is 5.69 Å².